The highest BCUT2D eigenvalue weighted by Gasteiger charge is 2.19. The molecule has 0 rings (SSSR count). The summed E-state index contributed by atoms with van der Waals surface area (Å²) in [5.74, 6) is -0.949. The van der Waals surface area contributed by atoms with Gasteiger partial charge < -0.3 is 14.2 Å². The molecule has 0 aromatic heterocycles. The highest BCUT2D eigenvalue weighted by Crippen LogP contribution is 2.14. The van der Waals surface area contributed by atoms with Crippen molar-refractivity contribution in [1.82, 2.24) is 0 Å². The van der Waals surface area contributed by atoms with Gasteiger partial charge in [0, 0.05) is 19.3 Å². The highest BCUT2D eigenvalue weighted by atomic mass is 16.6. The fraction of sp³-hybridized carbons (Fsp3) is 0.620. The van der Waals surface area contributed by atoms with Crippen LogP contribution in [-0.4, -0.2) is 37.2 Å². The van der Waals surface area contributed by atoms with Gasteiger partial charge in [0.25, 0.3) is 0 Å². The van der Waals surface area contributed by atoms with Crippen molar-refractivity contribution in [2.75, 3.05) is 13.2 Å². The van der Waals surface area contributed by atoms with Gasteiger partial charge in [-0.05, 0) is 141 Å². The van der Waals surface area contributed by atoms with Crippen LogP contribution in [0.3, 0.4) is 0 Å². The van der Waals surface area contributed by atoms with Crippen LogP contribution >= 0.6 is 0 Å². The van der Waals surface area contributed by atoms with E-state index in [1.165, 1.54) is 57.8 Å². The molecular formula is C71H114O6. The smallest absolute Gasteiger partial charge is 0.306 e. The van der Waals surface area contributed by atoms with Crippen LogP contribution in [0.2, 0.25) is 0 Å². The Morgan fingerprint density at radius 2 is 0.506 bits per heavy atom. The third kappa shape index (κ3) is 62.0. The maximum Gasteiger partial charge on any atom is 0.306 e. The van der Waals surface area contributed by atoms with Gasteiger partial charge in [-0.25, -0.2) is 0 Å². The Morgan fingerprint density at radius 3 is 0.792 bits per heavy atom. The molecule has 0 amide bonds. The average Bonchev–Trinajstić information content (AvgIpc) is 3.43. The zero-order valence-corrected chi connectivity index (χ0v) is 49.7. The molecule has 0 aliphatic heterocycles. The van der Waals surface area contributed by atoms with Gasteiger partial charge >= 0.3 is 17.9 Å². The van der Waals surface area contributed by atoms with Gasteiger partial charge in [0.05, 0.1) is 0 Å². The Kier molecular flexibility index (Phi) is 59.9. The first-order valence-corrected chi connectivity index (χ1v) is 31.3. The number of allylic oxidation sites excluding steroid dienone is 24. The SMILES string of the molecule is CC/C=C\C/C=C\C/C=C\C/C=C\C/C=C\C/C=C\CCCCCCCCCCC(=O)OCC(COC(=O)CCCCCCC/C=C\C/C=C\CCCCC)OC(=O)CCCCCC/C=C\C/C=C\C/C=C\C/C=C\CC. The molecule has 6 nitrogen and oxygen atoms in total. The highest BCUT2D eigenvalue weighted by molar-refractivity contribution is 5.71. The van der Waals surface area contributed by atoms with Crippen molar-refractivity contribution in [3.05, 3.63) is 146 Å². The maximum absolute atomic E-state index is 12.9. The summed E-state index contributed by atoms with van der Waals surface area (Å²) < 4.78 is 16.9. The minimum Gasteiger partial charge on any atom is -0.462 e. The van der Waals surface area contributed by atoms with E-state index in [4.69, 9.17) is 14.2 Å². The standard InChI is InChI=1S/C71H114O6/c1-4-7-10-13-16-19-22-25-28-30-31-32-33-34-35-36-37-38-39-41-43-46-49-52-55-58-61-64-70(73)76-67-68(66-75-69(72)63-60-57-54-51-48-45-42-27-24-21-18-15-12-9-6-3)77-71(74)65-62-59-56-53-50-47-44-40-29-26-23-20-17-14-11-8-5-2/h7-8,10-11,16-21,25-29,31-32,34-35,37-38,42,44,47,68H,4-6,9,12-15,22-24,30,33,36,39-41,43,45-46,48-67H2,1-3H3/b10-7-,11-8-,19-16-,20-17-,21-18-,28-25-,29-26-,32-31-,35-34-,38-37-,42-27-,47-44-. The molecule has 0 N–H and O–H groups in total. The molecule has 0 heterocycles. The molecule has 1 unspecified atom stereocenters. The average molecular weight is 1060 g/mol. The molecule has 0 radical (unpaired) electrons. The number of hydrogen-bond acceptors (Lipinski definition) is 6. The largest absolute Gasteiger partial charge is 0.462 e. The van der Waals surface area contributed by atoms with E-state index in [-0.39, 0.29) is 37.5 Å². The van der Waals surface area contributed by atoms with Gasteiger partial charge in [-0.2, -0.15) is 0 Å². The molecule has 0 aromatic rings. The molecule has 0 aromatic carbocycles. The summed E-state index contributed by atoms with van der Waals surface area (Å²) >= 11 is 0. The van der Waals surface area contributed by atoms with E-state index < -0.39 is 6.10 Å². The zero-order chi connectivity index (χ0) is 55.7. The van der Waals surface area contributed by atoms with Gasteiger partial charge in [-0.3, -0.25) is 14.4 Å². The van der Waals surface area contributed by atoms with Crippen molar-refractivity contribution >= 4 is 17.9 Å². The Balaban J connectivity index is 4.42. The van der Waals surface area contributed by atoms with Gasteiger partial charge in [0.1, 0.15) is 13.2 Å². The lowest BCUT2D eigenvalue weighted by atomic mass is 10.1. The minimum absolute atomic E-state index is 0.102. The van der Waals surface area contributed by atoms with Crippen LogP contribution in [0.25, 0.3) is 0 Å². The lowest BCUT2D eigenvalue weighted by Gasteiger charge is -2.18. The second-order valence-electron chi connectivity index (χ2n) is 20.2. The second kappa shape index (κ2) is 63.8. The van der Waals surface area contributed by atoms with Crippen molar-refractivity contribution < 1.29 is 28.6 Å². The molecule has 0 bridgehead atoms. The normalized spacial score (nSPS) is 13.1. The van der Waals surface area contributed by atoms with E-state index in [2.05, 4.69) is 167 Å². The van der Waals surface area contributed by atoms with Gasteiger partial charge in [-0.15, -0.1) is 0 Å². The van der Waals surface area contributed by atoms with Crippen molar-refractivity contribution in [2.24, 2.45) is 0 Å². The molecule has 0 aliphatic rings. The van der Waals surface area contributed by atoms with Crippen LogP contribution in [0, 0.1) is 0 Å². The summed E-state index contributed by atoms with van der Waals surface area (Å²) in [4.78, 5) is 38.3. The molecule has 6 heteroatoms. The Labute approximate surface area is 474 Å². The minimum atomic E-state index is -0.808. The molecule has 0 saturated carbocycles. The maximum atomic E-state index is 12.9. The number of carbonyl (C=O) groups excluding carboxylic acids is 3. The third-order valence-electron chi connectivity index (χ3n) is 12.8. The van der Waals surface area contributed by atoms with E-state index >= 15 is 0 Å². The number of carbonyl (C=O) groups is 3. The summed E-state index contributed by atoms with van der Waals surface area (Å²) in [6.45, 7) is 6.35. The summed E-state index contributed by atoms with van der Waals surface area (Å²) in [7, 11) is 0. The van der Waals surface area contributed by atoms with Crippen molar-refractivity contribution in [3.63, 3.8) is 0 Å². The van der Waals surface area contributed by atoms with E-state index in [0.717, 1.165) is 167 Å². The van der Waals surface area contributed by atoms with Crippen LogP contribution in [0.1, 0.15) is 265 Å². The first-order valence-electron chi connectivity index (χ1n) is 31.3. The van der Waals surface area contributed by atoms with Gasteiger partial charge in [-0.1, -0.05) is 250 Å². The van der Waals surface area contributed by atoms with Crippen LogP contribution < -0.4 is 0 Å². The first-order chi connectivity index (χ1) is 38.0. The number of hydrogen-bond donors (Lipinski definition) is 0. The first kappa shape index (κ1) is 72.3. The van der Waals surface area contributed by atoms with Crippen molar-refractivity contribution in [2.45, 2.75) is 271 Å². The van der Waals surface area contributed by atoms with Gasteiger partial charge in [0.2, 0.25) is 0 Å². The topological polar surface area (TPSA) is 78.9 Å². The number of unbranched alkanes of at least 4 members (excludes halogenated alkanes) is 20. The summed E-state index contributed by atoms with van der Waals surface area (Å²) in [6, 6.07) is 0. The van der Waals surface area contributed by atoms with E-state index in [0.29, 0.717) is 12.8 Å². The molecule has 1 atom stereocenters. The lowest BCUT2D eigenvalue weighted by Crippen LogP contribution is -2.30. The Morgan fingerprint density at radius 1 is 0.273 bits per heavy atom. The Bertz CT molecular complexity index is 1700. The molecular weight excluding hydrogens is 949 g/mol. The summed E-state index contributed by atoms with van der Waals surface area (Å²) in [5, 5.41) is 0. The molecule has 0 spiro atoms. The van der Waals surface area contributed by atoms with Crippen molar-refractivity contribution in [3.8, 4) is 0 Å². The van der Waals surface area contributed by atoms with Crippen LogP contribution in [0.4, 0.5) is 0 Å². The molecule has 0 aliphatic carbocycles. The van der Waals surface area contributed by atoms with E-state index in [9.17, 15) is 14.4 Å². The fourth-order valence-electron chi connectivity index (χ4n) is 8.17. The van der Waals surface area contributed by atoms with Crippen LogP contribution in [0.5, 0.6) is 0 Å². The molecule has 0 saturated heterocycles. The van der Waals surface area contributed by atoms with Crippen LogP contribution in [0.15, 0.2) is 146 Å². The van der Waals surface area contributed by atoms with Crippen LogP contribution in [-0.2, 0) is 28.6 Å². The number of esters is 3. The van der Waals surface area contributed by atoms with E-state index in [1.54, 1.807) is 0 Å². The van der Waals surface area contributed by atoms with Crippen molar-refractivity contribution in [1.29, 1.82) is 0 Å². The van der Waals surface area contributed by atoms with E-state index in [1.807, 2.05) is 0 Å². The molecule has 77 heavy (non-hydrogen) atoms. The molecule has 434 valence electrons. The zero-order valence-electron chi connectivity index (χ0n) is 49.7. The third-order valence-corrected chi connectivity index (χ3v) is 12.8. The number of ether oxygens (including phenoxy) is 3. The fourth-order valence-corrected chi connectivity index (χ4v) is 8.17. The monoisotopic (exact) mass is 1060 g/mol. The quantitative estimate of drug-likeness (QED) is 0.0261. The lowest BCUT2D eigenvalue weighted by molar-refractivity contribution is -0.167. The second-order valence-corrected chi connectivity index (χ2v) is 20.2. The predicted octanol–water partition coefficient (Wildman–Crippen LogP) is 21.5. The summed E-state index contributed by atoms with van der Waals surface area (Å²) in [5.41, 5.74) is 0. The van der Waals surface area contributed by atoms with Gasteiger partial charge in [0.15, 0.2) is 6.10 Å². The Hall–Kier alpha value is -4.71. The summed E-state index contributed by atoms with van der Waals surface area (Å²) in [6.07, 6.45) is 91.3. The molecule has 0 fully saturated rings. The number of rotatable bonds is 55. The predicted molar refractivity (Wildman–Crippen MR) is 334 cm³/mol.